The van der Waals surface area contributed by atoms with E-state index in [4.69, 9.17) is 0 Å². The van der Waals surface area contributed by atoms with Crippen molar-refractivity contribution in [2.75, 3.05) is 0 Å². The van der Waals surface area contributed by atoms with Crippen LogP contribution in [0.25, 0.3) is 0 Å². The zero-order chi connectivity index (χ0) is 20.6. The summed E-state index contributed by atoms with van der Waals surface area (Å²) in [4.78, 5) is 2.45. The van der Waals surface area contributed by atoms with E-state index in [9.17, 15) is 0 Å². The maximum absolute atomic E-state index is 3.41. The van der Waals surface area contributed by atoms with Gasteiger partial charge in [0.1, 0.15) is 0 Å². The minimum atomic E-state index is 1.19. The first-order valence-corrected chi connectivity index (χ1v) is 12.8. The van der Waals surface area contributed by atoms with Crippen LogP contribution in [0.1, 0.15) is 102 Å². The van der Waals surface area contributed by atoms with Gasteiger partial charge in [-0.2, -0.15) is 0 Å². The van der Waals surface area contributed by atoms with E-state index in [1.807, 2.05) is 0 Å². The average Bonchev–Trinajstić information content (AvgIpc) is 2.74. The van der Waals surface area contributed by atoms with E-state index in [0.29, 0.717) is 0 Å². The number of aryl methyl sites for hydroxylation is 2. The van der Waals surface area contributed by atoms with Gasteiger partial charge in [-0.15, -0.1) is 0 Å². The van der Waals surface area contributed by atoms with E-state index in [-0.39, 0.29) is 0 Å². The second kappa shape index (κ2) is 15.6. The van der Waals surface area contributed by atoms with Gasteiger partial charge in [0.2, 0.25) is 0 Å². The van der Waals surface area contributed by atoms with Gasteiger partial charge in [-0.25, -0.2) is 0 Å². The maximum atomic E-state index is 3.41. The van der Waals surface area contributed by atoms with Crippen molar-refractivity contribution in [1.29, 1.82) is 0 Å². The van der Waals surface area contributed by atoms with Crippen LogP contribution in [0.15, 0.2) is 46.2 Å². The monoisotopic (exact) mass is 408 g/mol. The van der Waals surface area contributed by atoms with E-state index in [1.54, 1.807) is 11.8 Å². The SMILES string of the molecule is CCCCCCCCc1cc[c]c(Sc2[c]ccc(CCCCCCCC)c2)c1. The molecule has 2 aromatic carbocycles. The molecule has 1 heteroatoms. The third-order valence-corrected chi connectivity index (χ3v) is 6.45. The van der Waals surface area contributed by atoms with Crippen molar-refractivity contribution in [2.45, 2.75) is 114 Å². The van der Waals surface area contributed by atoms with Gasteiger partial charge in [-0.05, 0) is 61.1 Å². The second-order valence-corrected chi connectivity index (χ2v) is 9.34. The molecule has 0 heterocycles. The summed E-state index contributed by atoms with van der Waals surface area (Å²) in [6.45, 7) is 4.56. The van der Waals surface area contributed by atoms with Crippen molar-refractivity contribution in [3.63, 3.8) is 0 Å². The Hall–Kier alpha value is -1.21. The first kappa shape index (κ1) is 24.1. The molecule has 0 unspecified atom stereocenters. The zero-order valence-electron chi connectivity index (χ0n) is 18.8. The van der Waals surface area contributed by atoms with Gasteiger partial charge in [-0.3, -0.25) is 0 Å². The van der Waals surface area contributed by atoms with Crippen molar-refractivity contribution in [2.24, 2.45) is 0 Å². The highest BCUT2D eigenvalue weighted by atomic mass is 32.2. The molecule has 0 spiro atoms. The molecule has 158 valence electrons. The minimum absolute atomic E-state index is 1.19. The third kappa shape index (κ3) is 10.9. The standard InChI is InChI=1S/C28H40S/c1-3-5-7-9-11-13-17-25-19-15-21-27(23-25)29-28-22-16-20-26(24-28)18-14-12-10-8-6-4-2/h15-16,19-20,23-24H,3-14,17-18H2,1-2H3. The summed E-state index contributed by atoms with van der Waals surface area (Å²) in [6.07, 6.45) is 18.7. The van der Waals surface area contributed by atoms with E-state index < -0.39 is 0 Å². The molecule has 0 N–H and O–H groups in total. The van der Waals surface area contributed by atoms with Crippen molar-refractivity contribution in [3.05, 3.63) is 59.7 Å². The Labute approximate surface area is 184 Å². The lowest BCUT2D eigenvalue weighted by molar-refractivity contribution is 0.607. The molecule has 0 bridgehead atoms. The largest absolute Gasteiger partial charge is 0.0888 e. The molecule has 0 saturated heterocycles. The van der Waals surface area contributed by atoms with Gasteiger partial charge >= 0.3 is 0 Å². The summed E-state index contributed by atoms with van der Waals surface area (Å²) < 4.78 is 0. The van der Waals surface area contributed by atoms with Crippen LogP contribution in [0.2, 0.25) is 0 Å². The topological polar surface area (TPSA) is 0 Å². The zero-order valence-corrected chi connectivity index (χ0v) is 19.6. The molecule has 29 heavy (non-hydrogen) atoms. The van der Waals surface area contributed by atoms with Crippen molar-refractivity contribution in [1.82, 2.24) is 0 Å². The molecule has 0 aliphatic rings. The predicted octanol–water partition coefficient (Wildman–Crippen LogP) is 9.24. The van der Waals surface area contributed by atoms with Crippen LogP contribution in [-0.2, 0) is 12.8 Å². The highest BCUT2D eigenvalue weighted by Crippen LogP contribution is 2.29. The van der Waals surface area contributed by atoms with Gasteiger partial charge in [0.05, 0.1) is 0 Å². The maximum Gasteiger partial charge on any atom is 0.0204 e. The Bertz CT molecular complexity index is 603. The first-order valence-electron chi connectivity index (χ1n) is 12.0. The summed E-state index contributed by atoms with van der Waals surface area (Å²) in [7, 11) is 0. The summed E-state index contributed by atoms with van der Waals surface area (Å²) in [5.41, 5.74) is 2.90. The Kier molecular flexibility index (Phi) is 12.9. The smallest absolute Gasteiger partial charge is 0.0204 e. The predicted molar refractivity (Wildman–Crippen MR) is 129 cm³/mol. The molecule has 2 radical (unpaired) electrons. The molecule has 0 amide bonds. The van der Waals surface area contributed by atoms with Crippen molar-refractivity contribution in [3.8, 4) is 0 Å². The summed E-state index contributed by atoms with van der Waals surface area (Å²) in [5.74, 6) is 0. The third-order valence-electron chi connectivity index (χ3n) is 5.54. The Morgan fingerprint density at radius 2 is 1.00 bits per heavy atom. The number of benzene rings is 2. The van der Waals surface area contributed by atoms with E-state index in [2.05, 4.69) is 62.4 Å². The van der Waals surface area contributed by atoms with Crippen molar-refractivity contribution < 1.29 is 0 Å². The quantitative estimate of drug-likeness (QED) is 0.249. The number of hydrogen-bond acceptors (Lipinski definition) is 1. The van der Waals surface area contributed by atoms with Gasteiger partial charge in [-0.1, -0.05) is 114 Å². The van der Waals surface area contributed by atoms with Gasteiger partial charge in [0.25, 0.3) is 0 Å². The lowest BCUT2D eigenvalue weighted by Gasteiger charge is -2.07. The van der Waals surface area contributed by atoms with Gasteiger partial charge < -0.3 is 0 Å². The molecule has 0 aliphatic carbocycles. The molecule has 0 aliphatic heterocycles. The molecular weight excluding hydrogens is 368 g/mol. The van der Waals surface area contributed by atoms with Crippen LogP contribution in [0.4, 0.5) is 0 Å². The second-order valence-electron chi connectivity index (χ2n) is 8.26. The lowest BCUT2D eigenvalue weighted by atomic mass is 10.1. The van der Waals surface area contributed by atoms with Crippen molar-refractivity contribution >= 4 is 11.8 Å². The number of rotatable bonds is 16. The van der Waals surface area contributed by atoms with Crippen LogP contribution in [-0.4, -0.2) is 0 Å². The number of hydrogen-bond donors (Lipinski definition) is 0. The molecular formula is C28H40S. The van der Waals surface area contributed by atoms with E-state index >= 15 is 0 Å². The minimum Gasteiger partial charge on any atom is -0.0888 e. The summed E-state index contributed by atoms with van der Waals surface area (Å²) >= 11 is 1.81. The van der Waals surface area contributed by atoms with E-state index in [0.717, 1.165) is 0 Å². The summed E-state index contributed by atoms with van der Waals surface area (Å²) in [5, 5.41) is 0. The molecule has 2 rings (SSSR count). The molecule has 0 fully saturated rings. The highest BCUT2D eigenvalue weighted by molar-refractivity contribution is 7.99. The van der Waals surface area contributed by atoms with Gasteiger partial charge in [0, 0.05) is 9.79 Å². The van der Waals surface area contributed by atoms with Gasteiger partial charge in [0.15, 0.2) is 0 Å². The first-order chi connectivity index (χ1) is 14.3. The molecule has 0 nitrogen and oxygen atoms in total. The molecule has 2 aromatic rings. The fourth-order valence-electron chi connectivity index (χ4n) is 3.74. The Morgan fingerprint density at radius 1 is 0.586 bits per heavy atom. The number of unbranched alkanes of at least 4 members (excludes halogenated alkanes) is 10. The Morgan fingerprint density at radius 3 is 1.45 bits per heavy atom. The Balaban J connectivity index is 1.76. The fraction of sp³-hybridized carbons (Fsp3) is 0.571. The summed E-state index contributed by atoms with van der Waals surface area (Å²) in [6, 6.07) is 20.1. The fourth-order valence-corrected chi connectivity index (χ4v) is 4.66. The van der Waals surface area contributed by atoms with Crippen LogP contribution in [0.3, 0.4) is 0 Å². The molecule has 0 atom stereocenters. The van der Waals surface area contributed by atoms with Crippen LogP contribution in [0.5, 0.6) is 0 Å². The van der Waals surface area contributed by atoms with Crippen LogP contribution >= 0.6 is 11.8 Å². The van der Waals surface area contributed by atoms with Crippen LogP contribution < -0.4 is 0 Å². The normalized spacial score (nSPS) is 11.1. The molecule has 0 aromatic heterocycles. The molecule has 0 saturated carbocycles. The average molecular weight is 409 g/mol. The van der Waals surface area contributed by atoms with Crippen LogP contribution in [0, 0.1) is 12.1 Å². The van der Waals surface area contributed by atoms with E-state index in [1.165, 1.54) is 111 Å². The highest BCUT2D eigenvalue weighted by Gasteiger charge is 2.03. The lowest BCUT2D eigenvalue weighted by Crippen LogP contribution is -1.88.